The molecule has 1 N–H and O–H groups in total. The van der Waals surface area contributed by atoms with Crippen molar-refractivity contribution in [3.05, 3.63) is 39.5 Å². The molecule has 0 bridgehead atoms. The Morgan fingerprint density at radius 2 is 1.96 bits per heavy atom. The van der Waals surface area contributed by atoms with Gasteiger partial charge in [0.1, 0.15) is 4.83 Å². The van der Waals surface area contributed by atoms with Crippen LogP contribution in [0.15, 0.2) is 24.3 Å². The van der Waals surface area contributed by atoms with Crippen molar-refractivity contribution in [3.63, 3.8) is 0 Å². The number of amides is 1. The van der Waals surface area contributed by atoms with E-state index in [-0.39, 0.29) is 67.9 Å². The first kappa shape index (κ1) is 20.1. The fourth-order valence-electron chi connectivity index (χ4n) is 3.31. The van der Waals surface area contributed by atoms with Crippen LogP contribution >= 0.6 is 23.6 Å². The third-order valence-electron chi connectivity index (χ3n) is 4.40. The van der Waals surface area contributed by atoms with Gasteiger partial charge in [0.2, 0.25) is 10.7 Å². The van der Waals surface area contributed by atoms with E-state index in [2.05, 4.69) is 10.3 Å². The molecule has 0 unspecified atom stereocenters. The zero-order valence-electron chi connectivity index (χ0n) is 14.7. The van der Waals surface area contributed by atoms with Crippen molar-refractivity contribution in [2.24, 2.45) is 0 Å². The van der Waals surface area contributed by atoms with E-state index in [0.29, 0.717) is 11.4 Å². The first-order valence-corrected chi connectivity index (χ1v) is 9.39. The van der Waals surface area contributed by atoms with E-state index < -0.39 is 0 Å². The second-order valence-corrected chi connectivity index (χ2v) is 7.60. The molecule has 2 aromatic heterocycles. The molecule has 8 heteroatoms. The number of carbonyl (C=O) groups is 1. The summed E-state index contributed by atoms with van der Waals surface area (Å²) in [6, 6.07) is 7.06. The van der Waals surface area contributed by atoms with Crippen LogP contribution in [0.5, 0.6) is 5.88 Å². The van der Waals surface area contributed by atoms with Crippen molar-refractivity contribution < 1.29 is 61.3 Å². The molecule has 26 heavy (non-hydrogen) atoms. The molecule has 1 aromatic carbocycles. The average molecular weight is 410 g/mol. The van der Waals surface area contributed by atoms with Crippen LogP contribution in [0, 0.1) is 4.77 Å². The molecule has 128 valence electrons. The average Bonchev–Trinajstić information content (AvgIpc) is 2.94. The largest absolute Gasteiger partial charge is 1.00 e. The number of anilines is 1. The first-order chi connectivity index (χ1) is 12.0. The molecule has 0 fully saturated rings. The number of thiophene rings is 1. The molecule has 5 nitrogen and oxygen atoms in total. The van der Waals surface area contributed by atoms with Gasteiger partial charge in [-0.1, -0.05) is 0 Å². The SMILES string of the molecule is CC(=O)Nc1ccc(-n2c([O-])c3c4c(sc3nc2=S)CCCC4)cc1.[K+]. The molecule has 0 radical (unpaired) electrons. The Morgan fingerprint density at radius 3 is 2.65 bits per heavy atom. The molecule has 4 rings (SSSR count). The third-order valence-corrected chi connectivity index (χ3v) is 5.86. The van der Waals surface area contributed by atoms with Crippen LogP contribution < -0.4 is 61.8 Å². The van der Waals surface area contributed by atoms with E-state index in [1.165, 1.54) is 22.8 Å². The quantitative estimate of drug-likeness (QED) is 0.501. The monoisotopic (exact) mass is 409 g/mol. The zero-order valence-corrected chi connectivity index (χ0v) is 19.4. The Labute approximate surface area is 202 Å². The van der Waals surface area contributed by atoms with Crippen molar-refractivity contribution in [1.82, 2.24) is 9.55 Å². The Hall–Kier alpha value is -0.614. The van der Waals surface area contributed by atoms with Crippen molar-refractivity contribution in [3.8, 4) is 11.6 Å². The fourth-order valence-corrected chi connectivity index (χ4v) is 4.90. The summed E-state index contributed by atoms with van der Waals surface area (Å²) < 4.78 is 1.75. The van der Waals surface area contributed by atoms with Crippen LogP contribution in [0.1, 0.15) is 30.2 Å². The number of hydrogen-bond acceptors (Lipinski definition) is 5. The van der Waals surface area contributed by atoms with Crippen molar-refractivity contribution in [2.75, 3.05) is 5.32 Å². The van der Waals surface area contributed by atoms with Gasteiger partial charge in [-0.3, -0.25) is 9.36 Å². The van der Waals surface area contributed by atoms with Crippen LogP contribution in [0.25, 0.3) is 15.9 Å². The van der Waals surface area contributed by atoms with Crippen LogP contribution in [-0.4, -0.2) is 15.5 Å². The van der Waals surface area contributed by atoms with Crippen LogP contribution in [0.3, 0.4) is 0 Å². The minimum atomic E-state index is -0.137. The molecule has 0 saturated carbocycles. The number of nitrogens with one attached hydrogen (secondary N) is 1. The molecule has 1 amide bonds. The number of aryl methyl sites for hydroxylation is 2. The van der Waals surface area contributed by atoms with E-state index in [4.69, 9.17) is 12.2 Å². The summed E-state index contributed by atoms with van der Waals surface area (Å²) in [6.07, 6.45) is 4.23. The van der Waals surface area contributed by atoms with Gasteiger partial charge in [0.25, 0.3) is 0 Å². The molecule has 0 spiro atoms. The number of benzene rings is 1. The Morgan fingerprint density at radius 1 is 1.27 bits per heavy atom. The smallest absolute Gasteiger partial charge is 0.859 e. The molecule has 1 aliphatic rings. The van der Waals surface area contributed by atoms with Gasteiger partial charge in [0, 0.05) is 28.6 Å². The normalized spacial score (nSPS) is 13.1. The second kappa shape index (κ2) is 8.18. The van der Waals surface area contributed by atoms with Crippen LogP contribution in [0.2, 0.25) is 0 Å². The minimum absolute atomic E-state index is 0. The molecular weight excluding hydrogens is 393 g/mol. The number of rotatable bonds is 2. The molecule has 0 aliphatic heterocycles. The second-order valence-electron chi connectivity index (χ2n) is 6.15. The summed E-state index contributed by atoms with van der Waals surface area (Å²) in [6.45, 7) is 1.46. The fraction of sp³-hybridized carbons (Fsp3) is 0.278. The standard InChI is InChI=1S/C18H17N3O2S2.K/c1-10(22)19-11-6-8-12(9-7-11)21-17(23)15-13-4-2-3-5-14(13)25-16(15)20-18(21)24;/h6-9,23H,2-5H2,1H3,(H,19,22);/q;+1/p-1. The summed E-state index contributed by atoms with van der Waals surface area (Å²) >= 11 is 6.98. The van der Waals surface area contributed by atoms with Crippen molar-refractivity contribution >= 4 is 45.4 Å². The van der Waals surface area contributed by atoms with Crippen molar-refractivity contribution in [2.45, 2.75) is 32.6 Å². The third kappa shape index (κ3) is 3.69. The molecule has 1 aliphatic carbocycles. The van der Waals surface area contributed by atoms with E-state index >= 15 is 0 Å². The summed E-state index contributed by atoms with van der Waals surface area (Å²) in [5.41, 5.74) is 2.49. The van der Waals surface area contributed by atoms with Crippen LogP contribution in [0.4, 0.5) is 5.69 Å². The van der Waals surface area contributed by atoms with Gasteiger partial charge in [0.15, 0.2) is 0 Å². The van der Waals surface area contributed by atoms with Crippen molar-refractivity contribution in [1.29, 1.82) is 0 Å². The molecule has 2 heterocycles. The van der Waals surface area contributed by atoms with Gasteiger partial charge in [-0.2, -0.15) is 0 Å². The molecule has 0 atom stereocenters. The number of nitrogens with zero attached hydrogens (tertiary/aromatic N) is 2. The summed E-state index contributed by atoms with van der Waals surface area (Å²) in [5.74, 6) is -0.233. The maximum Gasteiger partial charge on any atom is 1.00 e. The molecule has 3 aromatic rings. The summed E-state index contributed by atoms with van der Waals surface area (Å²) in [5, 5.41) is 16.6. The van der Waals surface area contributed by atoms with E-state index in [9.17, 15) is 9.90 Å². The number of fused-ring (bicyclic) bond motifs is 3. The van der Waals surface area contributed by atoms with Gasteiger partial charge in [0.05, 0.1) is 0 Å². The number of hydrogen-bond donors (Lipinski definition) is 1. The number of aromatic nitrogens is 2. The Bertz CT molecular complexity index is 1040. The minimum Gasteiger partial charge on any atom is -0.859 e. The summed E-state index contributed by atoms with van der Waals surface area (Å²) in [4.78, 5) is 17.7. The Kier molecular flexibility index (Phi) is 6.33. The first-order valence-electron chi connectivity index (χ1n) is 8.17. The van der Waals surface area contributed by atoms with E-state index in [0.717, 1.165) is 35.0 Å². The zero-order chi connectivity index (χ0) is 17.6. The van der Waals surface area contributed by atoms with Crippen LogP contribution in [-0.2, 0) is 17.6 Å². The topological polar surface area (TPSA) is 70.0 Å². The maximum atomic E-state index is 13.1. The van der Waals surface area contributed by atoms with Gasteiger partial charge in [-0.25, -0.2) is 4.98 Å². The van der Waals surface area contributed by atoms with Gasteiger partial charge >= 0.3 is 51.4 Å². The molecular formula is C18H16KN3O2S2. The maximum absolute atomic E-state index is 13.1. The Balaban J connectivity index is 0.00000196. The number of carbonyl (C=O) groups excluding carboxylic acids is 1. The molecule has 0 saturated heterocycles. The van der Waals surface area contributed by atoms with Gasteiger partial charge < -0.3 is 10.4 Å². The van der Waals surface area contributed by atoms with Gasteiger partial charge in [-0.05, 0) is 73.6 Å². The van der Waals surface area contributed by atoms with E-state index in [1.54, 1.807) is 35.6 Å². The van der Waals surface area contributed by atoms with Gasteiger partial charge in [-0.15, -0.1) is 11.3 Å². The summed E-state index contributed by atoms with van der Waals surface area (Å²) in [7, 11) is 0. The predicted octanol–water partition coefficient (Wildman–Crippen LogP) is 0.731. The van der Waals surface area contributed by atoms with E-state index in [1.807, 2.05) is 0 Å². The predicted molar refractivity (Wildman–Crippen MR) is 100 cm³/mol.